The Morgan fingerprint density at radius 2 is 1.16 bits per heavy atom. The second kappa shape index (κ2) is 9.58. The fourth-order valence-corrected chi connectivity index (χ4v) is 1.77. The van der Waals surface area contributed by atoms with Crippen LogP contribution in [0.25, 0.3) is 0 Å². The topological polar surface area (TPSA) is 26.0 Å². The van der Waals surface area contributed by atoms with Gasteiger partial charge in [-0.25, -0.2) is 0 Å². The maximum Gasteiger partial charge on any atom is 2.00 e. The van der Waals surface area contributed by atoms with Crippen molar-refractivity contribution in [3.63, 3.8) is 0 Å². The first-order valence-electron chi connectivity index (χ1n) is 6.07. The zero-order chi connectivity index (χ0) is 12.6. The third kappa shape index (κ3) is 5.69. The molecule has 10 radical (unpaired) electrons. The fourth-order valence-electron chi connectivity index (χ4n) is 1.77. The van der Waals surface area contributed by atoms with E-state index >= 15 is 0 Å². The van der Waals surface area contributed by atoms with E-state index in [-0.39, 0.29) is 23.1 Å². The van der Waals surface area contributed by atoms with Gasteiger partial charge < -0.3 is 5.73 Å². The molecule has 0 bridgehead atoms. The van der Waals surface area contributed by atoms with Crippen LogP contribution in [0.3, 0.4) is 0 Å². The number of rotatable bonds is 2. The Labute approximate surface area is 128 Å². The second-order valence-electron chi connectivity index (χ2n) is 4.07. The van der Waals surface area contributed by atoms with Crippen LogP contribution in [0.15, 0.2) is 30.3 Å². The quantitative estimate of drug-likeness (QED) is 0.832. The third-order valence-electron chi connectivity index (χ3n) is 2.76. The van der Waals surface area contributed by atoms with Gasteiger partial charge >= 0.3 is 17.1 Å². The standard InChI is InChI=1S/C12H12N.C5H5.Fe/c13-12(11-8-4-5-9-11)10-6-2-1-3-7-10;1-2-4-5-3-1;/h1-9,12H,13H2;1-5H;/q;;+2. The Hall–Kier alpha value is -0.301. The maximum absolute atomic E-state index is 6.06. The summed E-state index contributed by atoms with van der Waals surface area (Å²) in [7, 11) is 0. The van der Waals surface area contributed by atoms with Crippen LogP contribution >= 0.6 is 0 Å². The van der Waals surface area contributed by atoms with Gasteiger partial charge in [0.2, 0.25) is 0 Å². The van der Waals surface area contributed by atoms with Crippen molar-refractivity contribution in [1.29, 1.82) is 0 Å². The van der Waals surface area contributed by atoms with Gasteiger partial charge in [-0.05, 0) is 63.4 Å². The van der Waals surface area contributed by atoms with Gasteiger partial charge in [-0.2, -0.15) is 0 Å². The molecule has 96 valence electrons. The summed E-state index contributed by atoms with van der Waals surface area (Å²) in [5.41, 5.74) is 7.22. The SMILES string of the molecule is NC([C]1[CH][CH][CH][CH]1)c1ccccc1.[CH]1[CH][CH][CH][CH]1.[Fe+2]. The predicted molar refractivity (Wildman–Crippen MR) is 75.3 cm³/mol. The van der Waals surface area contributed by atoms with Gasteiger partial charge in [0, 0.05) is 12.0 Å². The van der Waals surface area contributed by atoms with Gasteiger partial charge in [0.15, 0.2) is 0 Å². The molecule has 0 saturated heterocycles. The second-order valence-corrected chi connectivity index (χ2v) is 4.07. The zero-order valence-electron chi connectivity index (χ0n) is 10.6. The molecule has 2 aliphatic carbocycles. The predicted octanol–water partition coefficient (Wildman–Crippen LogP) is 3.11. The monoisotopic (exact) mass is 291 g/mol. The van der Waals surface area contributed by atoms with E-state index in [1.165, 1.54) is 5.92 Å². The van der Waals surface area contributed by atoms with Crippen molar-refractivity contribution in [2.24, 2.45) is 5.73 Å². The van der Waals surface area contributed by atoms with Gasteiger partial charge in [-0.3, -0.25) is 0 Å². The Balaban J connectivity index is 0.000000256. The van der Waals surface area contributed by atoms with Crippen LogP contribution < -0.4 is 5.73 Å². The van der Waals surface area contributed by atoms with Crippen molar-refractivity contribution in [3.05, 3.63) is 99.6 Å². The maximum atomic E-state index is 6.06. The van der Waals surface area contributed by atoms with E-state index in [1.54, 1.807) is 0 Å². The minimum absolute atomic E-state index is 0. The molecule has 2 aliphatic rings. The summed E-state index contributed by atoms with van der Waals surface area (Å²) in [5, 5.41) is 0. The van der Waals surface area contributed by atoms with E-state index in [1.807, 2.05) is 63.1 Å². The molecule has 1 aromatic rings. The first-order valence-corrected chi connectivity index (χ1v) is 6.07. The van der Waals surface area contributed by atoms with Crippen LogP contribution in [0.2, 0.25) is 0 Å². The molecular formula is C17H17FeN+2. The molecule has 0 aliphatic heterocycles. The van der Waals surface area contributed by atoms with Crippen molar-refractivity contribution in [1.82, 2.24) is 0 Å². The van der Waals surface area contributed by atoms with E-state index < -0.39 is 0 Å². The van der Waals surface area contributed by atoms with Gasteiger partial charge in [0.1, 0.15) is 0 Å². The van der Waals surface area contributed by atoms with Gasteiger partial charge in [0.25, 0.3) is 0 Å². The molecule has 3 rings (SSSR count). The number of benzene rings is 1. The molecule has 1 aromatic carbocycles. The summed E-state index contributed by atoms with van der Waals surface area (Å²) < 4.78 is 0. The molecule has 0 amide bonds. The van der Waals surface area contributed by atoms with Crippen LogP contribution in [0, 0.1) is 63.7 Å². The van der Waals surface area contributed by atoms with Gasteiger partial charge in [-0.1, -0.05) is 30.3 Å². The third-order valence-corrected chi connectivity index (χ3v) is 2.76. The molecule has 1 atom stereocenters. The van der Waals surface area contributed by atoms with Crippen LogP contribution in [0.5, 0.6) is 0 Å². The molecule has 2 fully saturated rings. The molecule has 0 heterocycles. The first kappa shape index (κ1) is 16.8. The summed E-state index contributed by atoms with van der Waals surface area (Å²) in [6.07, 6.45) is 18.1. The smallest absolute Gasteiger partial charge is 0.323 e. The van der Waals surface area contributed by atoms with E-state index in [2.05, 4.69) is 25.0 Å². The number of nitrogens with two attached hydrogens (primary N) is 1. The van der Waals surface area contributed by atoms with Crippen molar-refractivity contribution in [2.45, 2.75) is 6.04 Å². The molecule has 2 N–H and O–H groups in total. The average molecular weight is 291 g/mol. The molecular weight excluding hydrogens is 274 g/mol. The summed E-state index contributed by atoms with van der Waals surface area (Å²) in [6, 6.07) is 10.1. The van der Waals surface area contributed by atoms with Crippen molar-refractivity contribution >= 4 is 0 Å². The molecule has 0 aromatic heterocycles. The van der Waals surface area contributed by atoms with Crippen molar-refractivity contribution in [2.75, 3.05) is 0 Å². The Morgan fingerprint density at radius 3 is 1.63 bits per heavy atom. The minimum atomic E-state index is 0. The van der Waals surface area contributed by atoms with Crippen molar-refractivity contribution in [3.8, 4) is 0 Å². The van der Waals surface area contributed by atoms with Gasteiger partial charge in [-0.15, -0.1) is 0 Å². The van der Waals surface area contributed by atoms with E-state index in [0.29, 0.717) is 0 Å². The van der Waals surface area contributed by atoms with E-state index in [9.17, 15) is 0 Å². The average Bonchev–Trinajstić information content (AvgIpc) is 3.14. The first-order chi connectivity index (χ1) is 8.88. The summed E-state index contributed by atoms with van der Waals surface area (Å²) in [6.45, 7) is 0. The summed E-state index contributed by atoms with van der Waals surface area (Å²) >= 11 is 0. The fraction of sp³-hybridized carbons (Fsp3) is 0.0588. The Morgan fingerprint density at radius 1 is 0.684 bits per heavy atom. The van der Waals surface area contributed by atoms with Crippen molar-refractivity contribution < 1.29 is 17.1 Å². The molecule has 0 spiro atoms. The zero-order valence-corrected chi connectivity index (χ0v) is 11.7. The largest absolute Gasteiger partial charge is 2.00 e. The summed E-state index contributed by atoms with van der Waals surface area (Å²) in [5.74, 6) is 1.17. The molecule has 19 heavy (non-hydrogen) atoms. The van der Waals surface area contributed by atoms with Gasteiger partial charge in [0.05, 0.1) is 0 Å². The van der Waals surface area contributed by atoms with E-state index in [0.717, 1.165) is 5.56 Å². The Bertz CT molecular complexity index is 308. The molecule has 1 unspecified atom stereocenters. The van der Waals surface area contributed by atoms with E-state index in [4.69, 9.17) is 5.73 Å². The van der Waals surface area contributed by atoms with Crippen LogP contribution in [-0.2, 0) is 17.1 Å². The number of hydrogen-bond donors (Lipinski definition) is 1. The molecule has 1 nitrogen and oxygen atoms in total. The number of hydrogen-bond acceptors (Lipinski definition) is 1. The Kier molecular flexibility index (Phi) is 8.45. The van der Waals surface area contributed by atoms with Crippen LogP contribution in [0.1, 0.15) is 11.6 Å². The van der Waals surface area contributed by atoms with Crippen LogP contribution in [0.4, 0.5) is 0 Å². The molecule has 2 heteroatoms. The van der Waals surface area contributed by atoms with Crippen LogP contribution in [-0.4, -0.2) is 0 Å². The normalized spacial score (nSPS) is 20.3. The minimum Gasteiger partial charge on any atom is -0.323 e. The molecule has 2 saturated carbocycles. The summed E-state index contributed by atoms with van der Waals surface area (Å²) in [4.78, 5) is 0.